The molecule has 6 heteroatoms. The average Bonchev–Trinajstić information content (AvgIpc) is 2.48. The normalized spacial score (nSPS) is 10.5. The quantitative estimate of drug-likeness (QED) is 0.772. The summed E-state index contributed by atoms with van der Waals surface area (Å²) in [6.07, 6.45) is 0. The molecule has 3 rings (SSSR count). The minimum atomic E-state index is 0.125. The lowest BCUT2D eigenvalue weighted by molar-refractivity contribution is 1.09. The number of rotatable bonds is 3. The van der Waals surface area contributed by atoms with Crippen molar-refractivity contribution in [2.75, 3.05) is 11.5 Å². The van der Waals surface area contributed by atoms with E-state index in [1.165, 1.54) is 4.90 Å². The van der Waals surface area contributed by atoms with E-state index in [1.807, 2.05) is 42.5 Å². The lowest BCUT2D eigenvalue weighted by atomic mass is 10.2. The molecule has 0 aliphatic rings. The van der Waals surface area contributed by atoms with Crippen LogP contribution in [0, 0.1) is 0 Å². The van der Waals surface area contributed by atoms with E-state index in [9.17, 15) is 0 Å². The third-order valence-corrected chi connectivity index (χ3v) is 3.78. The molecule has 0 bridgehead atoms. The summed E-state index contributed by atoms with van der Waals surface area (Å²) in [5.41, 5.74) is 12.0. The van der Waals surface area contributed by atoms with Crippen molar-refractivity contribution < 1.29 is 0 Å². The first-order valence-corrected chi connectivity index (χ1v) is 7.13. The smallest absolute Gasteiger partial charge is 0.225 e. The number of anilines is 2. The van der Waals surface area contributed by atoms with E-state index in [-0.39, 0.29) is 11.9 Å². The molecular weight excluding hydrogens is 282 g/mol. The first-order chi connectivity index (χ1) is 10.2. The van der Waals surface area contributed by atoms with Crippen LogP contribution in [0.15, 0.2) is 64.4 Å². The fourth-order valence-electron chi connectivity index (χ4n) is 1.84. The van der Waals surface area contributed by atoms with E-state index in [4.69, 9.17) is 11.5 Å². The standard InChI is InChI=1S/C15H13N5S/c16-14-18-13(19-15(17)20-14)10-6-8-12(9-7-10)21-11-4-2-1-3-5-11/h1-9H,(H4,16,17,18,19,20). The number of hydrogen-bond donors (Lipinski definition) is 2. The molecule has 0 atom stereocenters. The van der Waals surface area contributed by atoms with Crippen molar-refractivity contribution >= 4 is 23.7 Å². The molecule has 0 amide bonds. The maximum atomic E-state index is 5.58. The van der Waals surface area contributed by atoms with E-state index in [0.717, 1.165) is 10.5 Å². The summed E-state index contributed by atoms with van der Waals surface area (Å²) in [7, 11) is 0. The van der Waals surface area contributed by atoms with Gasteiger partial charge < -0.3 is 11.5 Å². The number of aromatic nitrogens is 3. The molecule has 0 unspecified atom stereocenters. The van der Waals surface area contributed by atoms with Gasteiger partial charge in [-0.05, 0) is 24.3 Å². The van der Waals surface area contributed by atoms with E-state index >= 15 is 0 Å². The molecule has 4 N–H and O–H groups in total. The van der Waals surface area contributed by atoms with Gasteiger partial charge in [-0.15, -0.1) is 0 Å². The molecule has 0 aliphatic heterocycles. The fourth-order valence-corrected chi connectivity index (χ4v) is 2.67. The lowest BCUT2D eigenvalue weighted by Crippen LogP contribution is -2.04. The van der Waals surface area contributed by atoms with Crippen LogP contribution in [0.2, 0.25) is 0 Å². The van der Waals surface area contributed by atoms with Gasteiger partial charge in [0.25, 0.3) is 0 Å². The van der Waals surface area contributed by atoms with Crippen LogP contribution in [0.3, 0.4) is 0 Å². The monoisotopic (exact) mass is 295 g/mol. The molecule has 0 saturated carbocycles. The first-order valence-electron chi connectivity index (χ1n) is 6.31. The van der Waals surface area contributed by atoms with Crippen LogP contribution in [0.1, 0.15) is 0 Å². The van der Waals surface area contributed by atoms with Gasteiger partial charge in [-0.3, -0.25) is 0 Å². The number of benzene rings is 2. The summed E-state index contributed by atoms with van der Waals surface area (Å²) in [6, 6.07) is 18.1. The number of nitrogens with two attached hydrogens (primary N) is 2. The summed E-state index contributed by atoms with van der Waals surface area (Å²) in [6.45, 7) is 0. The molecule has 0 radical (unpaired) electrons. The van der Waals surface area contributed by atoms with Crippen LogP contribution < -0.4 is 11.5 Å². The minimum Gasteiger partial charge on any atom is -0.368 e. The van der Waals surface area contributed by atoms with Gasteiger partial charge in [-0.25, -0.2) is 0 Å². The van der Waals surface area contributed by atoms with Crippen molar-refractivity contribution in [3.05, 3.63) is 54.6 Å². The molecule has 0 fully saturated rings. The molecule has 1 aromatic heterocycles. The summed E-state index contributed by atoms with van der Waals surface area (Å²) >= 11 is 1.70. The molecule has 0 saturated heterocycles. The van der Waals surface area contributed by atoms with Gasteiger partial charge in [0, 0.05) is 15.4 Å². The Labute approximate surface area is 126 Å². The van der Waals surface area contributed by atoms with Crippen molar-refractivity contribution in [1.82, 2.24) is 15.0 Å². The predicted octanol–water partition coefficient (Wildman–Crippen LogP) is 2.85. The van der Waals surface area contributed by atoms with Crippen LogP contribution in [0.4, 0.5) is 11.9 Å². The highest BCUT2D eigenvalue weighted by Gasteiger charge is 2.05. The molecule has 104 valence electrons. The SMILES string of the molecule is Nc1nc(N)nc(-c2ccc(Sc3ccccc3)cc2)n1. The van der Waals surface area contributed by atoms with Gasteiger partial charge in [0.2, 0.25) is 11.9 Å². The van der Waals surface area contributed by atoms with Crippen LogP contribution in [0.25, 0.3) is 11.4 Å². The van der Waals surface area contributed by atoms with Crippen molar-refractivity contribution in [3.8, 4) is 11.4 Å². The van der Waals surface area contributed by atoms with Crippen LogP contribution in [0.5, 0.6) is 0 Å². The Bertz CT molecular complexity index is 724. The Balaban J connectivity index is 1.84. The maximum Gasteiger partial charge on any atom is 0.225 e. The van der Waals surface area contributed by atoms with Gasteiger partial charge in [-0.2, -0.15) is 15.0 Å². The van der Waals surface area contributed by atoms with Crippen molar-refractivity contribution in [2.24, 2.45) is 0 Å². The first kappa shape index (κ1) is 13.4. The highest BCUT2D eigenvalue weighted by atomic mass is 32.2. The second-order valence-corrected chi connectivity index (χ2v) is 5.46. The average molecular weight is 295 g/mol. The molecule has 0 spiro atoms. The molecule has 21 heavy (non-hydrogen) atoms. The summed E-state index contributed by atoms with van der Waals surface area (Å²) in [5, 5.41) is 0. The number of hydrogen-bond acceptors (Lipinski definition) is 6. The predicted molar refractivity (Wildman–Crippen MR) is 84.7 cm³/mol. The molecule has 0 aliphatic carbocycles. The molecule has 1 heterocycles. The van der Waals surface area contributed by atoms with Gasteiger partial charge >= 0.3 is 0 Å². The van der Waals surface area contributed by atoms with Crippen molar-refractivity contribution in [1.29, 1.82) is 0 Å². The largest absolute Gasteiger partial charge is 0.368 e. The second-order valence-electron chi connectivity index (χ2n) is 4.31. The Hall–Kier alpha value is -2.60. The maximum absolute atomic E-state index is 5.58. The van der Waals surface area contributed by atoms with Gasteiger partial charge in [0.05, 0.1) is 0 Å². The van der Waals surface area contributed by atoms with Gasteiger partial charge in [0.1, 0.15) is 0 Å². The summed E-state index contributed by atoms with van der Waals surface area (Å²) in [5.74, 6) is 0.733. The van der Waals surface area contributed by atoms with Crippen molar-refractivity contribution in [3.63, 3.8) is 0 Å². The highest BCUT2D eigenvalue weighted by molar-refractivity contribution is 7.99. The van der Waals surface area contributed by atoms with E-state index in [2.05, 4.69) is 27.1 Å². The molecular formula is C15H13N5S. The minimum absolute atomic E-state index is 0.125. The number of nitrogens with zero attached hydrogens (tertiary/aromatic N) is 3. The Kier molecular flexibility index (Phi) is 3.70. The zero-order chi connectivity index (χ0) is 14.7. The topological polar surface area (TPSA) is 90.7 Å². The highest BCUT2D eigenvalue weighted by Crippen LogP contribution is 2.28. The Morgan fingerprint density at radius 3 is 1.86 bits per heavy atom. The van der Waals surface area contributed by atoms with Crippen LogP contribution >= 0.6 is 11.8 Å². The summed E-state index contributed by atoms with van der Waals surface area (Å²) < 4.78 is 0. The number of nitrogen functional groups attached to an aromatic ring is 2. The van der Waals surface area contributed by atoms with E-state index in [0.29, 0.717) is 5.82 Å². The van der Waals surface area contributed by atoms with Crippen LogP contribution in [-0.4, -0.2) is 15.0 Å². The molecule has 3 aromatic rings. The third kappa shape index (κ3) is 3.29. The van der Waals surface area contributed by atoms with E-state index < -0.39 is 0 Å². The van der Waals surface area contributed by atoms with E-state index in [1.54, 1.807) is 11.8 Å². The third-order valence-electron chi connectivity index (χ3n) is 2.76. The molecule has 5 nitrogen and oxygen atoms in total. The Morgan fingerprint density at radius 1 is 0.667 bits per heavy atom. The Morgan fingerprint density at radius 2 is 1.24 bits per heavy atom. The van der Waals surface area contributed by atoms with Gasteiger partial charge in [0.15, 0.2) is 5.82 Å². The van der Waals surface area contributed by atoms with Crippen molar-refractivity contribution in [2.45, 2.75) is 9.79 Å². The lowest BCUT2D eigenvalue weighted by Gasteiger charge is -2.04. The fraction of sp³-hybridized carbons (Fsp3) is 0. The van der Waals surface area contributed by atoms with Gasteiger partial charge in [-0.1, -0.05) is 42.1 Å². The molecule has 2 aromatic carbocycles. The zero-order valence-corrected chi connectivity index (χ0v) is 11.9. The second kappa shape index (κ2) is 5.80. The summed E-state index contributed by atoms with van der Waals surface area (Å²) in [4.78, 5) is 14.3. The van der Waals surface area contributed by atoms with Crippen LogP contribution in [-0.2, 0) is 0 Å². The zero-order valence-electron chi connectivity index (χ0n) is 11.1.